The lowest BCUT2D eigenvalue weighted by Crippen LogP contribution is -2.34. The minimum Gasteiger partial charge on any atom is -0.481 e. The van der Waals surface area contributed by atoms with Crippen LogP contribution in [0.2, 0.25) is 0 Å². The Labute approximate surface area is 104 Å². The number of amides is 1. The van der Waals surface area contributed by atoms with Crippen LogP contribution in [0, 0.1) is 5.41 Å². The first kappa shape index (κ1) is 16.7. The Morgan fingerprint density at radius 1 is 1.17 bits per heavy atom. The van der Waals surface area contributed by atoms with Gasteiger partial charge >= 0.3 is 12.1 Å². The Morgan fingerprint density at radius 3 is 2.06 bits per heavy atom. The standard InChI is InChI=1S/C11H18F3NO3/c1-10(2,7-9(17)18)6-8(16)15(3)5-4-11(12,13)14/h4-7H2,1-3H3,(H,17,18). The second-order valence-corrected chi connectivity index (χ2v) is 5.09. The summed E-state index contributed by atoms with van der Waals surface area (Å²) in [4.78, 5) is 23.2. The Morgan fingerprint density at radius 2 is 1.67 bits per heavy atom. The molecule has 0 aromatic rings. The molecule has 0 aliphatic rings. The Bertz CT molecular complexity index is 313. The van der Waals surface area contributed by atoms with Gasteiger partial charge in [0.25, 0.3) is 0 Å². The van der Waals surface area contributed by atoms with E-state index in [0.717, 1.165) is 4.90 Å². The first-order chi connectivity index (χ1) is 7.93. The molecular weight excluding hydrogens is 251 g/mol. The van der Waals surface area contributed by atoms with Gasteiger partial charge in [0.1, 0.15) is 0 Å². The van der Waals surface area contributed by atoms with Crippen molar-refractivity contribution < 1.29 is 27.9 Å². The van der Waals surface area contributed by atoms with Crippen molar-refractivity contribution in [3.63, 3.8) is 0 Å². The summed E-state index contributed by atoms with van der Waals surface area (Å²) in [5.74, 6) is -1.52. The second-order valence-electron chi connectivity index (χ2n) is 5.09. The summed E-state index contributed by atoms with van der Waals surface area (Å²) in [7, 11) is 1.28. The van der Waals surface area contributed by atoms with E-state index in [2.05, 4.69) is 0 Å². The van der Waals surface area contributed by atoms with Crippen molar-refractivity contribution in [1.82, 2.24) is 4.90 Å². The fourth-order valence-corrected chi connectivity index (χ4v) is 1.44. The maximum atomic E-state index is 12.0. The number of carbonyl (C=O) groups excluding carboxylic acids is 1. The summed E-state index contributed by atoms with van der Waals surface area (Å²) in [6.45, 7) is 2.78. The highest BCUT2D eigenvalue weighted by molar-refractivity contribution is 5.77. The fraction of sp³-hybridized carbons (Fsp3) is 0.818. The van der Waals surface area contributed by atoms with E-state index in [4.69, 9.17) is 5.11 Å². The summed E-state index contributed by atoms with van der Waals surface area (Å²) in [5.41, 5.74) is -0.768. The van der Waals surface area contributed by atoms with Crippen molar-refractivity contribution in [2.24, 2.45) is 5.41 Å². The quantitative estimate of drug-likeness (QED) is 0.804. The molecule has 1 amide bonds. The maximum Gasteiger partial charge on any atom is 0.390 e. The van der Waals surface area contributed by atoms with Crippen LogP contribution in [-0.2, 0) is 9.59 Å². The topological polar surface area (TPSA) is 57.6 Å². The number of halogens is 3. The molecule has 18 heavy (non-hydrogen) atoms. The van der Waals surface area contributed by atoms with E-state index in [9.17, 15) is 22.8 Å². The van der Waals surface area contributed by atoms with Gasteiger partial charge in [-0.25, -0.2) is 0 Å². The van der Waals surface area contributed by atoms with E-state index in [0.29, 0.717) is 0 Å². The van der Waals surface area contributed by atoms with Gasteiger partial charge < -0.3 is 10.0 Å². The van der Waals surface area contributed by atoms with Gasteiger partial charge in [-0.15, -0.1) is 0 Å². The molecule has 0 aromatic heterocycles. The number of carboxylic acids is 1. The summed E-state index contributed by atoms with van der Waals surface area (Å²) in [6, 6.07) is 0. The number of hydrogen-bond acceptors (Lipinski definition) is 2. The van der Waals surface area contributed by atoms with Crippen LogP contribution in [0.4, 0.5) is 13.2 Å². The molecule has 0 spiro atoms. The highest BCUT2D eigenvalue weighted by atomic mass is 19.4. The number of alkyl halides is 3. The lowest BCUT2D eigenvalue weighted by molar-refractivity contribution is -0.145. The predicted octanol–water partition coefficient (Wildman–Crippen LogP) is 2.29. The fourth-order valence-electron chi connectivity index (χ4n) is 1.44. The number of nitrogens with zero attached hydrogens (tertiary/aromatic N) is 1. The normalized spacial score (nSPS) is 12.3. The monoisotopic (exact) mass is 269 g/mol. The second kappa shape index (κ2) is 6.06. The number of hydrogen-bond donors (Lipinski definition) is 1. The number of carboxylic acid groups (broad SMARTS) is 1. The van der Waals surface area contributed by atoms with Crippen molar-refractivity contribution in [2.45, 2.75) is 39.3 Å². The van der Waals surface area contributed by atoms with Gasteiger partial charge in [-0.05, 0) is 5.41 Å². The molecule has 0 radical (unpaired) electrons. The summed E-state index contributed by atoms with van der Waals surface area (Å²) < 4.78 is 35.9. The highest BCUT2D eigenvalue weighted by Crippen LogP contribution is 2.26. The molecule has 0 saturated heterocycles. The van der Waals surface area contributed by atoms with Gasteiger partial charge in [0.15, 0.2) is 0 Å². The van der Waals surface area contributed by atoms with Crippen LogP contribution >= 0.6 is 0 Å². The zero-order valence-corrected chi connectivity index (χ0v) is 10.7. The minimum atomic E-state index is -4.30. The van der Waals surface area contributed by atoms with Crippen LogP contribution in [0.5, 0.6) is 0 Å². The smallest absolute Gasteiger partial charge is 0.390 e. The predicted molar refractivity (Wildman–Crippen MR) is 59.0 cm³/mol. The lowest BCUT2D eigenvalue weighted by atomic mass is 9.85. The zero-order chi connectivity index (χ0) is 14.6. The molecule has 0 aliphatic heterocycles. The SMILES string of the molecule is CN(CCC(F)(F)F)C(=O)CC(C)(C)CC(=O)O. The van der Waals surface area contributed by atoms with E-state index in [1.54, 1.807) is 13.8 Å². The first-order valence-corrected chi connectivity index (χ1v) is 5.45. The Hall–Kier alpha value is -1.27. The molecule has 1 N–H and O–H groups in total. The molecule has 0 heterocycles. The van der Waals surface area contributed by atoms with Gasteiger partial charge in [-0.2, -0.15) is 13.2 Å². The van der Waals surface area contributed by atoms with Crippen molar-refractivity contribution in [2.75, 3.05) is 13.6 Å². The minimum absolute atomic E-state index is 0.0896. The third-order valence-electron chi connectivity index (χ3n) is 2.42. The molecule has 0 bridgehead atoms. The zero-order valence-electron chi connectivity index (χ0n) is 10.7. The largest absolute Gasteiger partial charge is 0.481 e. The van der Waals surface area contributed by atoms with Gasteiger partial charge in [0, 0.05) is 20.0 Å². The van der Waals surface area contributed by atoms with Crippen molar-refractivity contribution in [1.29, 1.82) is 0 Å². The van der Waals surface area contributed by atoms with Crippen molar-refractivity contribution >= 4 is 11.9 Å². The van der Waals surface area contributed by atoms with Crippen LogP contribution in [0.3, 0.4) is 0 Å². The average Bonchev–Trinajstić information content (AvgIpc) is 2.09. The van der Waals surface area contributed by atoms with Crippen LogP contribution in [0.25, 0.3) is 0 Å². The molecule has 0 fully saturated rings. The molecule has 0 atom stereocenters. The summed E-state index contributed by atoms with van der Waals surface area (Å²) >= 11 is 0. The molecule has 0 aromatic carbocycles. The number of aliphatic carboxylic acids is 1. The lowest BCUT2D eigenvalue weighted by Gasteiger charge is -2.25. The Balaban J connectivity index is 4.27. The number of carbonyl (C=O) groups is 2. The van der Waals surface area contributed by atoms with Crippen LogP contribution in [0.15, 0.2) is 0 Å². The average molecular weight is 269 g/mol. The molecule has 106 valence electrons. The van der Waals surface area contributed by atoms with Gasteiger partial charge in [-0.1, -0.05) is 13.8 Å². The van der Waals surface area contributed by atoms with E-state index >= 15 is 0 Å². The molecule has 0 unspecified atom stereocenters. The van der Waals surface area contributed by atoms with E-state index in [1.165, 1.54) is 7.05 Å². The number of rotatable bonds is 6. The van der Waals surface area contributed by atoms with Crippen LogP contribution in [0.1, 0.15) is 33.1 Å². The molecule has 0 saturated carbocycles. The van der Waals surface area contributed by atoms with E-state index in [-0.39, 0.29) is 12.8 Å². The molecular formula is C11H18F3NO3. The van der Waals surface area contributed by atoms with Gasteiger partial charge in [-0.3, -0.25) is 9.59 Å². The third-order valence-corrected chi connectivity index (χ3v) is 2.42. The summed E-state index contributed by atoms with van der Waals surface area (Å²) in [6.07, 6.45) is -5.65. The van der Waals surface area contributed by atoms with Crippen LogP contribution < -0.4 is 0 Å². The van der Waals surface area contributed by atoms with Crippen LogP contribution in [-0.4, -0.2) is 41.7 Å². The van der Waals surface area contributed by atoms with Gasteiger partial charge in [0.05, 0.1) is 12.8 Å². The molecule has 0 aliphatic carbocycles. The molecule has 4 nitrogen and oxygen atoms in total. The third kappa shape index (κ3) is 7.92. The van der Waals surface area contributed by atoms with Crippen molar-refractivity contribution in [3.05, 3.63) is 0 Å². The first-order valence-electron chi connectivity index (χ1n) is 5.45. The van der Waals surface area contributed by atoms with Crippen molar-refractivity contribution in [3.8, 4) is 0 Å². The molecule has 0 rings (SSSR count). The Kier molecular flexibility index (Phi) is 5.63. The highest BCUT2D eigenvalue weighted by Gasteiger charge is 2.30. The van der Waals surface area contributed by atoms with Gasteiger partial charge in [0.2, 0.25) is 5.91 Å². The summed E-state index contributed by atoms with van der Waals surface area (Å²) in [5, 5.41) is 8.64. The molecule has 7 heteroatoms. The maximum absolute atomic E-state index is 12.0. The van der Waals surface area contributed by atoms with E-state index in [1.807, 2.05) is 0 Å². The van der Waals surface area contributed by atoms with E-state index < -0.39 is 36.4 Å².